The van der Waals surface area contributed by atoms with Gasteiger partial charge in [-0.25, -0.2) is 0 Å². The van der Waals surface area contributed by atoms with Crippen LogP contribution in [-0.4, -0.2) is 30.1 Å². The van der Waals surface area contributed by atoms with Crippen LogP contribution in [0.15, 0.2) is 48.5 Å². The van der Waals surface area contributed by atoms with E-state index in [0.717, 1.165) is 5.56 Å². The molecule has 1 aliphatic heterocycles. The molecule has 3 N–H and O–H groups in total. The lowest BCUT2D eigenvalue weighted by molar-refractivity contribution is -0.137. The second kappa shape index (κ2) is 6.94. The van der Waals surface area contributed by atoms with Gasteiger partial charge in [-0.1, -0.05) is 30.3 Å². The van der Waals surface area contributed by atoms with Gasteiger partial charge in [0.25, 0.3) is 0 Å². The van der Waals surface area contributed by atoms with E-state index in [-0.39, 0.29) is 6.54 Å². The molecule has 1 heterocycles. The summed E-state index contributed by atoms with van der Waals surface area (Å²) in [5.74, 6) is -0.969. The number of carbonyl (C=O) groups is 2. The number of aliphatic hydroxyl groups is 1. The number of carbonyl (C=O) groups excluding carboxylic acids is 2. The molecule has 6 nitrogen and oxygen atoms in total. The van der Waals surface area contributed by atoms with Crippen molar-refractivity contribution in [1.29, 1.82) is 0 Å². The Bertz CT molecular complexity index is 806. The lowest BCUT2D eigenvalue weighted by Crippen LogP contribution is -2.46. The summed E-state index contributed by atoms with van der Waals surface area (Å²) in [7, 11) is 0. The minimum Gasteiger partial charge on any atom is -0.493 e. The number of benzene rings is 2. The normalized spacial score (nSPS) is 18.6. The van der Waals surface area contributed by atoms with E-state index < -0.39 is 17.4 Å². The lowest BCUT2D eigenvalue weighted by Gasteiger charge is -2.34. The monoisotopic (exact) mass is 340 g/mol. The van der Waals surface area contributed by atoms with Crippen molar-refractivity contribution in [3.8, 4) is 5.75 Å². The van der Waals surface area contributed by atoms with Crippen LogP contribution in [0, 0.1) is 6.92 Å². The van der Waals surface area contributed by atoms with Crippen LogP contribution < -0.4 is 15.4 Å². The van der Waals surface area contributed by atoms with Crippen LogP contribution in [-0.2, 0) is 15.2 Å². The maximum Gasteiger partial charge on any atom is 0.313 e. The number of fused-ring (bicyclic) bond motifs is 1. The van der Waals surface area contributed by atoms with Gasteiger partial charge in [0.1, 0.15) is 11.4 Å². The molecule has 6 heteroatoms. The molecular formula is C19H20N2O4. The first-order valence-corrected chi connectivity index (χ1v) is 8.08. The van der Waals surface area contributed by atoms with Crippen LogP contribution in [0.25, 0.3) is 0 Å². The van der Waals surface area contributed by atoms with E-state index in [0.29, 0.717) is 30.0 Å². The number of anilines is 1. The standard InChI is InChI=1S/C19H20N2O4/c1-13-5-4-6-14(11-13)21-18(23)17(22)20-12-19(24)9-10-25-16-8-3-2-7-15(16)19/h2-8,11,24H,9-10,12H2,1H3,(H,20,22)(H,21,23). The van der Waals surface area contributed by atoms with E-state index >= 15 is 0 Å². The first-order valence-electron chi connectivity index (χ1n) is 8.08. The average Bonchev–Trinajstić information content (AvgIpc) is 2.60. The first kappa shape index (κ1) is 17.0. The maximum atomic E-state index is 12.1. The number of aryl methyl sites for hydroxylation is 1. The van der Waals surface area contributed by atoms with Gasteiger partial charge in [0.2, 0.25) is 0 Å². The van der Waals surface area contributed by atoms with Crippen molar-refractivity contribution in [2.75, 3.05) is 18.5 Å². The number of nitrogens with one attached hydrogen (secondary N) is 2. The Balaban J connectivity index is 1.63. The molecule has 0 saturated heterocycles. The van der Waals surface area contributed by atoms with Gasteiger partial charge in [0, 0.05) is 17.7 Å². The van der Waals surface area contributed by atoms with E-state index in [1.807, 2.05) is 19.1 Å². The highest BCUT2D eigenvalue weighted by atomic mass is 16.5. The molecule has 1 aliphatic rings. The summed E-state index contributed by atoms with van der Waals surface area (Å²) in [4.78, 5) is 24.1. The van der Waals surface area contributed by atoms with Crippen molar-refractivity contribution < 1.29 is 19.4 Å². The second-order valence-electron chi connectivity index (χ2n) is 6.13. The van der Waals surface area contributed by atoms with Crippen LogP contribution in [0.2, 0.25) is 0 Å². The van der Waals surface area contributed by atoms with Gasteiger partial charge in [-0.2, -0.15) is 0 Å². The third-order valence-electron chi connectivity index (χ3n) is 4.19. The quantitative estimate of drug-likeness (QED) is 0.743. The average molecular weight is 340 g/mol. The van der Waals surface area contributed by atoms with Crippen molar-refractivity contribution in [2.24, 2.45) is 0 Å². The number of rotatable bonds is 3. The summed E-state index contributed by atoms with van der Waals surface area (Å²) in [5, 5.41) is 15.9. The van der Waals surface area contributed by atoms with Gasteiger partial charge in [0.05, 0.1) is 13.2 Å². The molecule has 1 unspecified atom stereocenters. The van der Waals surface area contributed by atoms with Crippen molar-refractivity contribution in [2.45, 2.75) is 18.9 Å². The van der Waals surface area contributed by atoms with Crippen LogP contribution in [0.3, 0.4) is 0 Å². The number of amides is 2. The zero-order chi connectivity index (χ0) is 17.9. The fourth-order valence-corrected chi connectivity index (χ4v) is 2.84. The van der Waals surface area contributed by atoms with Crippen LogP contribution >= 0.6 is 0 Å². The summed E-state index contributed by atoms with van der Waals surface area (Å²) in [6.07, 6.45) is 0.337. The predicted octanol–water partition coefficient (Wildman–Crippen LogP) is 1.72. The van der Waals surface area contributed by atoms with E-state index in [1.54, 1.807) is 36.4 Å². The largest absolute Gasteiger partial charge is 0.493 e. The number of para-hydroxylation sites is 1. The lowest BCUT2D eigenvalue weighted by atomic mass is 9.88. The zero-order valence-corrected chi connectivity index (χ0v) is 13.9. The minimum absolute atomic E-state index is 0.0621. The number of ether oxygens (including phenoxy) is 1. The van der Waals surface area contributed by atoms with Gasteiger partial charge < -0.3 is 20.5 Å². The van der Waals surface area contributed by atoms with Gasteiger partial charge >= 0.3 is 11.8 Å². The fraction of sp³-hybridized carbons (Fsp3) is 0.263. The highest BCUT2D eigenvalue weighted by Gasteiger charge is 2.36. The van der Waals surface area contributed by atoms with Gasteiger partial charge in [-0.3, -0.25) is 9.59 Å². The topological polar surface area (TPSA) is 87.7 Å². The molecule has 25 heavy (non-hydrogen) atoms. The van der Waals surface area contributed by atoms with E-state index in [4.69, 9.17) is 4.74 Å². The van der Waals surface area contributed by atoms with Crippen molar-refractivity contribution in [3.05, 3.63) is 59.7 Å². The van der Waals surface area contributed by atoms with Crippen LogP contribution in [0.5, 0.6) is 5.75 Å². The predicted molar refractivity (Wildman–Crippen MR) is 93.3 cm³/mol. The molecule has 1 atom stereocenters. The van der Waals surface area contributed by atoms with E-state index in [2.05, 4.69) is 10.6 Å². The Kier molecular flexibility index (Phi) is 4.72. The van der Waals surface area contributed by atoms with E-state index in [9.17, 15) is 14.7 Å². The molecule has 2 aromatic rings. The molecule has 2 aromatic carbocycles. The van der Waals surface area contributed by atoms with E-state index in [1.165, 1.54) is 0 Å². The molecule has 0 saturated carbocycles. The second-order valence-corrected chi connectivity index (χ2v) is 6.13. The molecule has 0 aromatic heterocycles. The van der Waals surface area contributed by atoms with Crippen LogP contribution in [0.4, 0.5) is 5.69 Å². The molecule has 0 aliphatic carbocycles. The Morgan fingerprint density at radius 3 is 2.76 bits per heavy atom. The first-order chi connectivity index (χ1) is 12.0. The molecule has 130 valence electrons. The zero-order valence-electron chi connectivity index (χ0n) is 13.9. The molecule has 2 amide bonds. The molecule has 3 rings (SSSR count). The fourth-order valence-electron chi connectivity index (χ4n) is 2.84. The summed E-state index contributed by atoms with van der Waals surface area (Å²) < 4.78 is 5.51. The molecule has 0 spiro atoms. The Morgan fingerprint density at radius 1 is 1.16 bits per heavy atom. The highest BCUT2D eigenvalue weighted by molar-refractivity contribution is 6.39. The SMILES string of the molecule is Cc1cccc(NC(=O)C(=O)NCC2(O)CCOc3ccccc32)c1. The molecule has 0 radical (unpaired) electrons. The van der Waals surface area contributed by atoms with Crippen molar-refractivity contribution in [3.63, 3.8) is 0 Å². The van der Waals surface area contributed by atoms with Gasteiger partial charge in [-0.05, 0) is 30.7 Å². The summed E-state index contributed by atoms with van der Waals surface area (Å²) in [6.45, 7) is 2.18. The van der Waals surface area contributed by atoms with Gasteiger partial charge in [0.15, 0.2) is 0 Å². The van der Waals surface area contributed by atoms with Crippen molar-refractivity contribution in [1.82, 2.24) is 5.32 Å². The molecule has 0 bridgehead atoms. The molecular weight excluding hydrogens is 320 g/mol. The third kappa shape index (κ3) is 3.80. The highest BCUT2D eigenvalue weighted by Crippen LogP contribution is 2.36. The summed E-state index contributed by atoms with van der Waals surface area (Å²) in [5.41, 5.74) is 0.885. The Morgan fingerprint density at radius 2 is 1.96 bits per heavy atom. The number of hydrogen-bond acceptors (Lipinski definition) is 4. The minimum atomic E-state index is -1.26. The Labute approximate surface area is 145 Å². The maximum absolute atomic E-state index is 12.1. The Hall–Kier alpha value is -2.86. The van der Waals surface area contributed by atoms with Crippen LogP contribution in [0.1, 0.15) is 17.5 Å². The third-order valence-corrected chi connectivity index (χ3v) is 4.19. The van der Waals surface area contributed by atoms with Crippen molar-refractivity contribution >= 4 is 17.5 Å². The summed E-state index contributed by atoms with van der Waals surface area (Å²) in [6, 6.07) is 14.3. The number of hydrogen-bond donors (Lipinski definition) is 3. The summed E-state index contributed by atoms with van der Waals surface area (Å²) >= 11 is 0. The molecule has 0 fully saturated rings. The van der Waals surface area contributed by atoms with Gasteiger partial charge in [-0.15, -0.1) is 0 Å². The smallest absolute Gasteiger partial charge is 0.313 e.